The minimum absolute atomic E-state index is 0.0197. The number of ether oxygens (including phenoxy) is 1. The average molecular weight is 280 g/mol. The summed E-state index contributed by atoms with van der Waals surface area (Å²) in [6, 6.07) is 0.0462. The van der Waals surface area contributed by atoms with Gasteiger partial charge >= 0.3 is 0 Å². The highest BCUT2D eigenvalue weighted by molar-refractivity contribution is 5.81. The number of hydrogen-bond acceptors (Lipinski definition) is 3. The summed E-state index contributed by atoms with van der Waals surface area (Å²) in [4.78, 5) is 17.1. The van der Waals surface area contributed by atoms with Gasteiger partial charge in [-0.15, -0.1) is 0 Å². The first kappa shape index (κ1) is 14.3. The summed E-state index contributed by atoms with van der Waals surface area (Å²) in [7, 11) is 0. The molecule has 20 heavy (non-hydrogen) atoms. The molecule has 3 rings (SSSR count). The van der Waals surface area contributed by atoms with Crippen LogP contribution in [0.2, 0.25) is 0 Å². The molecule has 0 aromatic rings. The molecule has 1 spiro atoms. The van der Waals surface area contributed by atoms with E-state index in [-0.39, 0.29) is 11.6 Å². The number of likely N-dealkylation sites (tertiary alicyclic amines) is 1. The topological polar surface area (TPSA) is 32.8 Å². The Morgan fingerprint density at radius 1 is 1.25 bits per heavy atom. The van der Waals surface area contributed by atoms with Crippen LogP contribution >= 0.6 is 0 Å². The van der Waals surface area contributed by atoms with Gasteiger partial charge in [0.25, 0.3) is 0 Å². The van der Waals surface area contributed by atoms with Gasteiger partial charge in [-0.05, 0) is 25.7 Å². The molecule has 3 fully saturated rings. The van der Waals surface area contributed by atoms with Crippen molar-refractivity contribution in [2.45, 2.75) is 57.6 Å². The van der Waals surface area contributed by atoms with Gasteiger partial charge in [0.15, 0.2) is 0 Å². The highest BCUT2D eigenvalue weighted by atomic mass is 16.5. The fourth-order valence-corrected chi connectivity index (χ4v) is 4.02. The standard InChI is InChI=1S/C16H28N2O2/c1-13-10-18(11-13)14(2)15(19)17-8-9-20-16(12-17)6-4-3-5-7-16/h13-14H,3-12H2,1-2H3/t14-/m0/s1. The van der Waals surface area contributed by atoms with E-state index in [4.69, 9.17) is 4.74 Å². The first-order chi connectivity index (χ1) is 9.60. The SMILES string of the molecule is CC1CN([C@@H](C)C(=O)N2CCOC3(CCCCC3)C2)C1. The van der Waals surface area contributed by atoms with Gasteiger partial charge in [0.1, 0.15) is 0 Å². The largest absolute Gasteiger partial charge is 0.371 e. The predicted octanol–water partition coefficient (Wildman–Crippen LogP) is 1.89. The highest BCUT2D eigenvalue weighted by Gasteiger charge is 2.41. The fourth-order valence-electron chi connectivity index (χ4n) is 4.02. The summed E-state index contributed by atoms with van der Waals surface area (Å²) >= 11 is 0. The first-order valence-electron chi connectivity index (χ1n) is 8.26. The molecular weight excluding hydrogens is 252 g/mol. The number of nitrogens with zero attached hydrogens (tertiary/aromatic N) is 2. The Balaban J connectivity index is 1.59. The predicted molar refractivity (Wildman–Crippen MR) is 78.5 cm³/mol. The molecule has 1 saturated carbocycles. The third kappa shape index (κ3) is 2.73. The van der Waals surface area contributed by atoms with Crippen molar-refractivity contribution in [1.29, 1.82) is 0 Å². The minimum atomic E-state index is -0.0197. The zero-order chi connectivity index (χ0) is 14.2. The summed E-state index contributed by atoms with van der Waals surface area (Å²) in [5.74, 6) is 1.06. The zero-order valence-corrected chi connectivity index (χ0v) is 12.9. The summed E-state index contributed by atoms with van der Waals surface area (Å²) in [5, 5.41) is 0. The Bertz CT molecular complexity index is 354. The van der Waals surface area contributed by atoms with Crippen LogP contribution in [-0.2, 0) is 9.53 Å². The lowest BCUT2D eigenvalue weighted by atomic mass is 9.83. The van der Waals surface area contributed by atoms with Crippen LogP contribution in [-0.4, -0.2) is 60.1 Å². The molecule has 2 aliphatic heterocycles. The molecule has 2 saturated heterocycles. The molecule has 0 N–H and O–H groups in total. The molecule has 1 aliphatic carbocycles. The van der Waals surface area contributed by atoms with Crippen LogP contribution in [0.3, 0.4) is 0 Å². The second kappa shape index (κ2) is 5.64. The first-order valence-corrected chi connectivity index (χ1v) is 8.26. The summed E-state index contributed by atoms with van der Waals surface area (Å²) in [5.41, 5.74) is -0.0197. The van der Waals surface area contributed by atoms with Gasteiger partial charge in [0.2, 0.25) is 5.91 Å². The maximum absolute atomic E-state index is 12.7. The van der Waals surface area contributed by atoms with Crippen LogP contribution in [0.25, 0.3) is 0 Å². The van der Waals surface area contributed by atoms with E-state index < -0.39 is 0 Å². The van der Waals surface area contributed by atoms with Crippen molar-refractivity contribution in [3.05, 3.63) is 0 Å². The smallest absolute Gasteiger partial charge is 0.239 e. The van der Waals surface area contributed by atoms with Crippen molar-refractivity contribution in [3.63, 3.8) is 0 Å². The Hall–Kier alpha value is -0.610. The fraction of sp³-hybridized carbons (Fsp3) is 0.938. The molecule has 114 valence electrons. The number of carbonyl (C=O) groups is 1. The van der Waals surface area contributed by atoms with E-state index >= 15 is 0 Å². The number of amides is 1. The van der Waals surface area contributed by atoms with E-state index in [1.807, 2.05) is 0 Å². The van der Waals surface area contributed by atoms with Gasteiger partial charge in [-0.25, -0.2) is 0 Å². The Kier molecular flexibility index (Phi) is 4.04. The maximum atomic E-state index is 12.7. The molecule has 0 aromatic heterocycles. The maximum Gasteiger partial charge on any atom is 0.239 e. The molecule has 0 radical (unpaired) electrons. The van der Waals surface area contributed by atoms with Gasteiger partial charge in [0, 0.05) is 26.2 Å². The monoisotopic (exact) mass is 280 g/mol. The van der Waals surface area contributed by atoms with E-state index in [2.05, 4.69) is 23.6 Å². The van der Waals surface area contributed by atoms with Gasteiger partial charge in [-0.1, -0.05) is 26.2 Å². The number of hydrogen-bond donors (Lipinski definition) is 0. The van der Waals surface area contributed by atoms with Crippen LogP contribution in [0.4, 0.5) is 0 Å². The van der Waals surface area contributed by atoms with Gasteiger partial charge in [-0.3, -0.25) is 9.69 Å². The molecule has 3 aliphatic rings. The molecule has 1 amide bonds. The Morgan fingerprint density at radius 3 is 2.60 bits per heavy atom. The van der Waals surface area contributed by atoms with Crippen LogP contribution in [0.1, 0.15) is 46.0 Å². The van der Waals surface area contributed by atoms with Gasteiger partial charge < -0.3 is 9.64 Å². The van der Waals surface area contributed by atoms with Crippen molar-refractivity contribution in [3.8, 4) is 0 Å². The van der Waals surface area contributed by atoms with Crippen molar-refractivity contribution in [2.24, 2.45) is 5.92 Å². The van der Waals surface area contributed by atoms with E-state index in [1.54, 1.807) is 0 Å². The molecular formula is C16H28N2O2. The van der Waals surface area contributed by atoms with E-state index in [0.717, 1.165) is 51.5 Å². The summed E-state index contributed by atoms with van der Waals surface area (Å²) in [6.07, 6.45) is 6.08. The second-order valence-electron chi connectivity index (χ2n) is 7.09. The van der Waals surface area contributed by atoms with Gasteiger partial charge in [-0.2, -0.15) is 0 Å². The van der Waals surface area contributed by atoms with Crippen LogP contribution in [0, 0.1) is 5.92 Å². The molecule has 1 atom stereocenters. The van der Waals surface area contributed by atoms with Crippen molar-refractivity contribution in [2.75, 3.05) is 32.8 Å². The van der Waals surface area contributed by atoms with Crippen LogP contribution in [0.5, 0.6) is 0 Å². The number of morpholine rings is 1. The van der Waals surface area contributed by atoms with Crippen molar-refractivity contribution >= 4 is 5.91 Å². The normalized spacial score (nSPS) is 29.2. The highest BCUT2D eigenvalue weighted by Crippen LogP contribution is 2.34. The molecule has 4 nitrogen and oxygen atoms in total. The zero-order valence-electron chi connectivity index (χ0n) is 12.9. The van der Waals surface area contributed by atoms with Crippen molar-refractivity contribution < 1.29 is 9.53 Å². The number of rotatable bonds is 2. The van der Waals surface area contributed by atoms with Crippen LogP contribution < -0.4 is 0 Å². The van der Waals surface area contributed by atoms with Crippen molar-refractivity contribution in [1.82, 2.24) is 9.80 Å². The quantitative estimate of drug-likeness (QED) is 0.774. The molecule has 0 unspecified atom stereocenters. The Morgan fingerprint density at radius 2 is 1.95 bits per heavy atom. The molecule has 0 bridgehead atoms. The van der Waals surface area contributed by atoms with E-state index in [0.29, 0.717) is 5.91 Å². The minimum Gasteiger partial charge on any atom is -0.371 e. The molecule has 4 heteroatoms. The van der Waals surface area contributed by atoms with E-state index in [9.17, 15) is 4.79 Å². The third-order valence-electron chi connectivity index (χ3n) is 5.32. The Labute approximate surface area is 122 Å². The average Bonchev–Trinajstić information content (AvgIpc) is 2.43. The lowest BCUT2D eigenvalue weighted by Crippen LogP contribution is -2.60. The summed E-state index contributed by atoms with van der Waals surface area (Å²) in [6.45, 7) is 8.77. The van der Waals surface area contributed by atoms with E-state index in [1.165, 1.54) is 19.3 Å². The van der Waals surface area contributed by atoms with Gasteiger partial charge in [0.05, 0.1) is 18.2 Å². The second-order valence-corrected chi connectivity index (χ2v) is 7.09. The third-order valence-corrected chi connectivity index (χ3v) is 5.32. The number of carbonyl (C=O) groups excluding carboxylic acids is 1. The molecule has 2 heterocycles. The van der Waals surface area contributed by atoms with Crippen LogP contribution in [0.15, 0.2) is 0 Å². The lowest BCUT2D eigenvalue weighted by Gasteiger charge is -2.47. The lowest BCUT2D eigenvalue weighted by molar-refractivity contribution is -0.162. The summed E-state index contributed by atoms with van der Waals surface area (Å²) < 4.78 is 6.08. The molecule has 0 aromatic carbocycles.